The van der Waals surface area contributed by atoms with Crippen molar-refractivity contribution in [3.63, 3.8) is 0 Å². The highest BCUT2D eigenvalue weighted by molar-refractivity contribution is 6.31. The molecular formula is C13H19ClN2O2. The van der Waals surface area contributed by atoms with Crippen LogP contribution in [0, 0.1) is 18.8 Å². The standard InChI is InChI=1S/C13H19ClN2O2/c1-8-12(14)11(16(2)15-8)7-10(13(17)18)9-5-3-4-6-9/h9-10H,3-7H2,1-2H3,(H,17,18). The SMILES string of the molecule is Cc1nn(C)c(CC(C(=O)O)C2CCCC2)c1Cl. The lowest BCUT2D eigenvalue weighted by molar-refractivity contribution is -0.143. The van der Waals surface area contributed by atoms with Crippen LogP contribution in [0.15, 0.2) is 0 Å². The van der Waals surface area contributed by atoms with Gasteiger partial charge in [-0.3, -0.25) is 9.48 Å². The highest BCUT2D eigenvalue weighted by Gasteiger charge is 2.32. The number of nitrogens with zero attached hydrogens (tertiary/aromatic N) is 2. The molecule has 5 heteroatoms. The number of halogens is 1. The van der Waals surface area contributed by atoms with Crippen LogP contribution in [0.1, 0.15) is 37.1 Å². The summed E-state index contributed by atoms with van der Waals surface area (Å²) in [5.74, 6) is -0.759. The zero-order chi connectivity index (χ0) is 13.3. The molecule has 2 rings (SSSR count). The molecule has 0 amide bonds. The van der Waals surface area contributed by atoms with E-state index >= 15 is 0 Å². The molecule has 1 aliphatic rings. The number of carbonyl (C=O) groups is 1. The first kappa shape index (κ1) is 13.4. The number of carboxylic acids is 1. The molecule has 100 valence electrons. The monoisotopic (exact) mass is 270 g/mol. The molecule has 1 aliphatic carbocycles. The minimum absolute atomic E-state index is 0.286. The second kappa shape index (κ2) is 5.31. The van der Waals surface area contributed by atoms with Crippen molar-refractivity contribution in [3.8, 4) is 0 Å². The van der Waals surface area contributed by atoms with Gasteiger partial charge in [-0.15, -0.1) is 0 Å². The lowest BCUT2D eigenvalue weighted by Crippen LogP contribution is -2.25. The Balaban J connectivity index is 2.20. The largest absolute Gasteiger partial charge is 0.481 e. The Labute approximate surface area is 112 Å². The summed E-state index contributed by atoms with van der Waals surface area (Å²) in [5.41, 5.74) is 1.61. The molecule has 1 heterocycles. The fourth-order valence-corrected chi connectivity index (χ4v) is 3.16. The highest BCUT2D eigenvalue weighted by atomic mass is 35.5. The average molecular weight is 271 g/mol. The van der Waals surface area contributed by atoms with Crippen molar-refractivity contribution >= 4 is 17.6 Å². The van der Waals surface area contributed by atoms with Crippen LogP contribution in [0.4, 0.5) is 0 Å². The summed E-state index contributed by atoms with van der Waals surface area (Å²) < 4.78 is 1.71. The zero-order valence-electron chi connectivity index (χ0n) is 10.8. The van der Waals surface area contributed by atoms with Gasteiger partial charge in [0, 0.05) is 13.5 Å². The quantitative estimate of drug-likeness (QED) is 0.915. The summed E-state index contributed by atoms with van der Waals surface area (Å²) in [6.07, 6.45) is 4.81. The Bertz CT molecular complexity index is 450. The fourth-order valence-electron chi connectivity index (χ4n) is 2.93. The van der Waals surface area contributed by atoms with E-state index in [9.17, 15) is 9.90 Å². The predicted molar refractivity (Wildman–Crippen MR) is 69.7 cm³/mol. The predicted octanol–water partition coefficient (Wildman–Crippen LogP) is 2.82. The van der Waals surface area contributed by atoms with Crippen LogP contribution < -0.4 is 0 Å². The van der Waals surface area contributed by atoms with Crippen molar-refractivity contribution in [1.82, 2.24) is 9.78 Å². The van der Waals surface area contributed by atoms with Gasteiger partial charge in [0.05, 0.1) is 22.3 Å². The van der Waals surface area contributed by atoms with E-state index in [-0.39, 0.29) is 11.8 Å². The van der Waals surface area contributed by atoms with Crippen molar-refractivity contribution in [2.24, 2.45) is 18.9 Å². The molecular weight excluding hydrogens is 252 g/mol. The number of aryl methyl sites for hydroxylation is 2. The van der Waals surface area contributed by atoms with Crippen LogP contribution >= 0.6 is 11.6 Å². The van der Waals surface area contributed by atoms with E-state index in [1.165, 1.54) is 0 Å². The van der Waals surface area contributed by atoms with E-state index in [2.05, 4.69) is 5.10 Å². The van der Waals surface area contributed by atoms with Gasteiger partial charge >= 0.3 is 5.97 Å². The van der Waals surface area contributed by atoms with Gasteiger partial charge in [-0.25, -0.2) is 0 Å². The number of hydrogen-bond acceptors (Lipinski definition) is 2. The number of hydrogen-bond donors (Lipinski definition) is 1. The molecule has 0 saturated heterocycles. The Hall–Kier alpha value is -1.03. The van der Waals surface area contributed by atoms with Crippen molar-refractivity contribution in [1.29, 1.82) is 0 Å². The lowest BCUT2D eigenvalue weighted by atomic mass is 9.87. The van der Waals surface area contributed by atoms with Crippen LogP contribution in [0.25, 0.3) is 0 Å². The summed E-state index contributed by atoms with van der Waals surface area (Å²) in [7, 11) is 1.82. The first-order valence-corrected chi connectivity index (χ1v) is 6.79. The minimum atomic E-state index is -0.711. The molecule has 1 aromatic heterocycles. The molecule has 1 N–H and O–H groups in total. The number of aromatic nitrogens is 2. The number of rotatable bonds is 4. The van der Waals surface area contributed by atoms with E-state index in [1.54, 1.807) is 4.68 Å². The van der Waals surface area contributed by atoms with Crippen molar-refractivity contribution in [2.75, 3.05) is 0 Å². The van der Waals surface area contributed by atoms with E-state index in [1.807, 2.05) is 14.0 Å². The van der Waals surface area contributed by atoms with Gasteiger partial charge in [-0.05, 0) is 25.7 Å². The van der Waals surface area contributed by atoms with Gasteiger partial charge in [-0.1, -0.05) is 24.4 Å². The molecule has 0 bridgehead atoms. The first-order valence-electron chi connectivity index (χ1n) is 6.41. The Morgan fingerprint density at radius 1 is 1.56 bits per heavy atom. The Morgan fingerprint density at radius 3 is 2.61 bits per heavy atom. The maximum Gasteiger partial charge on any atom is 0.307 e. The topological polar surface area (TPSA) is 55.1 Å². The van der Waals surface area contributed by atoms with Gasteiger partial charge in [0.1, 0.15) is 0 Å². The maximum absolute atomic E-state index is 11.4. The van der Waals surface area contributed by atoms with Crippen molar-refractivity contribution in [3.05, 3.63) is 16.4 Å². The fraction of sp³-hybridized carbons (Fsp3) is 0.692. The van der Waals surface area contributed by atoms with E-state index in [0.717, 1.165) is 37.1 Å². The van der Waals surface area contributed by atoms with Crippen LogP contribution in [-0.4, -0.2) is 20.9 Å². The molecule has 1 atom stereocenters. The molecule has 1 unspecified atom stereocenters. The van der Waals surface area contributed by atoms with Gasteiger partial charge in [-0.2, -0.15) is 5.10 Å². The van der Waals surface area contributed by atoms with Crippen LogP contribution in [0.2, 0.25) is 5.02 Å². The van der Waals surface area contributed by atoms with Gasteiger partial charge in [0.2, 0.25) is 0 Å². The molecule has 4 nitrogen and oxygen atoms in total. The smallest absolute Gasteiger partial charge is 0.307 e. The number of aliphatic carboxylic acids is 1. The summed E-state index contributed by atoms with van der Waals surface area (Å²) in [5, 5.41) is 14.3. The van der Waals surface area contributed by atoms with Crippen LogP contribution in [0.5, 0.6) is 0 Å². The summed E-state index contributed by atoms with van der Waals surface area (Å²) in [6.45, 7) is 1.84. The summed E-state index contributed by atoms with van der Waals surface area (Å²) in [6, 6.07) is 0. The highest BCUT2D eigenvalue weighted by Crippen LogP contribution is 2.34. The van der Waals surface area contributed by atoms with E-state index in [0.29, 0.717) is 11.4 Å². The minimum Gasteiger partial charge on any atom is -0.481 e. The molecule has 0 radical (unpaired) electrons. The molecule has 1 saturated carbocycles. The van der Waals surface area contributed by atoms with Crippen LogP contribution in [-0.2, 0) is 18.3 Å². The third-order valence-electron chi connectivity index (χ3n) is 3.96. The molecule has 1 aromatic rings. The summed E-state index contributed by atoms with van der Waals surface area (Å²) >= 11 is 6.19. The molecule has 0 aromatic carbocycles. The zero-order valence-corrected chi connectivity index (χ0v) is 11.6. The first-order chi connectivity index (χ1) is 8.50. The third kappa shape index (κ3) is 2.53. The molecule has 0 spiro atoms. The third-order valence-corrected chi connectivity index (χ3v) is 4.45. The Morgan fingerprint density at radius 2 is 2.17 bits per heavy atom. The van der Waals surface area contributed by atoms with E-state index in [4.69, 9.17) is 11.6 Å². The lowest BCUT2D eigenvalue weighted by Gasteiger charge is -2.19. The maximum atomic E-state index is 11.4. The second-order valence-electron chi connectivity index (χ2n) is 5.16. The van der Waals surface area contributed by atoms with Crippen molar-refractivity contribution in [2.45, 2.75) is 39.0 Å². The summed E-state index contributed by atoms with van der Waals surface area (Å²) in [4.78, 5) is 11.4. The van der Waals surface area contributed by atoms with Gasteiger partial charge < -0.3 is 5.11 Å². The second-order valence-corrected chi connectivity index (χ2v) is 5.54. The average Bonchev–Trinajstić information content (AvgIpc) is 2.88. The van der Waals surface area contributed by atoms with Crippen molar-refractivity contribution < 1.29 is 9.90 Å². The molecule has 0 aliphatic heterocycles. The van der Waals surface area contributed by atoms with E-state index < -0.39 is 5.97 Å². The Kier molecular flexibility index (Phi) is 3.95. The molecule has 18 heavy (non-hydrogen) atoms. The van der Waals surface area contributed by atoms with Crippen LogP contribution in [0.3, 0.4) is 0 Å². The normalized spacial score (nSPS) is 18.2. The number of carboxylic acid groups (broad SMARTS) is 1. The van der Waals surface area contributed by atoms with Gasteiger partial charge in [0.15, 0.2) is 0 Å². The van der Waals surface area contributed by atoms with Gasteiger partial charge in [0.25, 0.3) is 0 Å². The molecule has 1 fully saturated rings.